The molecule has 0 N–H and O–H groups in total. The van der Waals surface area contributed by atoms with Crippen LogP contribution in [0, 0.1) is 0 Å². The Hall–Kier alpha value is -1.42. The second-order valence-electron chi connectivity index (χ2n) is 6.83. The van der Waals surface area contributed by atoms with Crippen molar-refractivity contribution in [3.63, 3.8) is 0 Å². The average Bonchev–Trinajstić information content (AvgIpc) is 3.32. The second-order valence-corrected chi connectivity index (χ2v) is 11.0. The quantitative estimate of drug-likeness (QED) is 0.528. The molecule has 6 nitrogen and oxygen atoms in total. The lowest BCUT2D eigenvalue weighted by molar-refractivity contribution is -0.121. The molecule has 4 rings (SSSR count). The zero-order chi connectivity index (χ0) is 21.6. The van der Waals surface area contributed by atoms with Crippen molar-refractivity contribution in [3.8, 4) is 0 Å². The van der Waals surface area contributed by atoms with Crippen LogP contribution >= 0.6 is 46.1 Å². The molecule has 0 radical (unpaired) electrons. The summed E-state index contributed by atoms with van der Waals surface area (Å²) in [5.41, 5.74) is 0.679. The van der Waals surface area contributed by atoms with Crippen LogP contribution in [0.2, 0.25) is 15.1 Å². The van der Waals surface area contributed by atoms with Crippen molar-refractivity contribution >= 4 is 72.3 Å². The zero-order valence-electron chi connectivity index (χ0n) is 15.7. The van der Waals surface area contributed by atoms with Crippen LogP contribution in [0.15, 0.2) is 46.3 Å². The lowest BCUT2D eigenvalue weighted by Crippen LogP contribution is -2.40. The first-order valence-electron chi connectivity index (χ1n) is 8.99. The minimum atomic E-state index is -3.84. The van der Waals surface area contributed by atoms with Crippen molar-refractivity contribution in [1.82, 2.24) is 8.87 Å². The number of rotatable bonds is 3. The number of nitrogens with zero attached hydrogens (tertiary/aromatic N) is 3. The summed E-state index contributed by atoms with van der Waals surface area (Å²) in [6.07, 6.45) is 0.995. The second kappa shape index (κ2) is 8.26. The number of aromatic nitrogens is 1. The summed E-state index contributed by atoms with van der Waals surface area (Å²) >= 11 is 19.6. The summed E-state index contributed by atoms with van der Waals surface area (Å²) < 4.78 is 29.9. The minimum Gasteiger partial charge on any atom is -0.318 e. The molecule has 0 aliphatic carbocycles. The molecule has 2 heterocycles. The van der Waals surface area contributed by atoms with E-state index in [0.717, 1.165) is 4.70 Å². The molecule has 158 valence electrons. The Balaban J connectivity index is 1.71. The Morgan fingerprint density at radius 3 is 2.53 bits per heavy atom. The number of amides is 1. The highest BCUT2D eigenvalue weighted by atomic mass is 35.5. The van der Waals surface area contributed by atoms with Gasteiger partial charge in [0.25, 0.3) is 5.91 Å². The summed E-state index contributed by atoms with van der Waals surface area (Å²) in [7, 11) is -2.10. The molecule has 1 unspecified atom stereocenters. The Morgan fingerprint density at radius 1 is 1.13 bits per heavy atom. The van der Waals surface area contributed by atoms with E-state index in [1.807, 2.05) is 6.07 Å². The highest BCUT2D eigenvalue weighted by molar-refractivity contribution is 7.89. The number of aryl methyl sites for hydroxylation is 1. The number of thiazole rings is 1. The molecule has 1 atom stereocenters. The summed E-state index contributed by atoms with van der Waals surface area (Å²) in [4.78, 5) is 17.7. The molecule has 11 heteroatoms. The van der Waals surface area contributed by atoms with E-state index in [1.165, 1.54) is 39.9 Å². The van der Waals surface area contributed by atoms with Crippen molar-refractivity contribution < 1.29 is 13.2 Å². The Kier molecular flexibility index (Phi) is 6.00. The Morgan fingerprint density at radius 2 is 1.83 bits per heavy atom. The van der Waals surface area contributed by atoms with Crippen molar-refractivity contribution in [2.45, 2.75) is 23.8 Å². The van der Waals surface area contributed by atoms with Gasteiger partial charge in [-0.05, 0) is 49.2 Å². The summed E-state index contributed by atoms with van der Waals surface area (Å²) in [6.45, 7) is 0.261. The molecule has 1 amide bonds. The van der Waals surface area contributed by atoms with Gasteiger partial charge in [-0.15, -0.1) is 0 Å². The van der Waals surface area contributed by atoms with E-state index in [-0.39, 0.29) is 11.4 Å². The predicted molar refractivity (Wildman–Crippen MR) is 120 cm³/mol. The maximum atomic E-state index is 13.1. The predicted octanol–water partition coefficient (Wildman–Crippen LogP) is 4.48. The van der Waals surface area contributed by atoms with Crippen LogP contribution < -0.4 is 4.80 Å². The highest BCUT2D eigenvalue weighted by Crippen LogP contribution is 2.32. The third-order valence-electron chi connectivity index (χ3n) is 4.97. The molecule has 3 aromatic rings. The number of hydrogen-bond acceptors (Lipinski definition) is 4. The van der Waals surface area contributed by atoms with Gasteiger partial charge < -0.3 is 4.57 Å². The third kappa shape index (κ3) is 3.81. The smallest absolute Gasteiger partial charge is 0.266 e. The fourth-order valence-electron chi connectivity index (χ4n) is 3.46. The standard InChI is InChI=1S/C19H16Cl3N3O3S2/c1-24-17-15(9-8-13(21)16(17)22)29-19(24)23-18(26)14-3-2-10-25(14)30(27,28)12-6-4-11(20)5-7-12/h4-9,14H,2-3,10H2,1H3. The number of carbonyl (C=O) groups is 1. The fraction of sp³-hybridized carbons (Fsp3) is 0.263. The van der Waals surface area contributed by atoms with Crippen LogP contribution in [0.5, 0.6) is 0 Å². The first kappa shape index (κ1) is 21.8. The Bertz CT molecular complexity index is 1310. The number of halogens is 3. The van der Waals surface area contributed by atoms with E-state index in [4.69, 9.17) is 34.8 Å². The Labute approximate surface area is 192 Å². The van der Waals surface area contributed by atoms with Gasteiger partial charge in [0.1, 0.15) is 6.04 Å². The van der Waals surface area contributed by atoms with Crippen LogP contribution in [0.25, 0.3) is 10.2 Å². The molecule has 1 aliphatic rings. The molecular weight excluding hydrogens is 489 g/mol. The molecule has 0 spiro atoms. The summed E-state index contributed by atoms with van der Waals surface area (Å²) in [5.74, 6) is -0.505. The SMILES string of the molecule is Cn1c(=NC(=O)C2CCCN2S(=O)(=O)c2ccc(Cl)cc2)sc2ccc(Cl)c(Cl)c21. The molecule has 30 heavy (non-hydrogen) atoms. The molecule has 2 aromatic carbocycles. The van der Waals surface area contributed by atoms with Gasteiger partial charge in [0.2, 0.25) is 10.0 Å². The zero-order valence-corrected chi connectivity index (χ0v) is 19.6. The first-order chi connectivity index (χ1) is 14.2. The topological polar surface area (TPSA) is 71.7 Å². The van der Waals surface area contributed by atoms with Gasteiger partial charge in [-0.3, -0.25) is 4.79 Å². The normalized spacial score (nSPS) is 18.4. The van der Waals surface area contributed by atoms with Crippen molar-refractivity contribution in [2.24, 2.45) is 12.0 Å². The van der Waals surface area contributed by atoms with E-state index in [9.17, 15) is 13.2 Å². The molecular formula is C19H16Cl3N3O3S2. The maximum Gasteiger partial charge on any atom is 0.266 e. The van der Waals surface area contributed by atoms with Gasteiger partial charge >= 0.3 is 0 Å². The molecule has 1 aliphatic heterocycles. The van der Waals surface area contributed by atoms with Crippen LogP contribution in [0.3, 0.4) is 0 Å². The van der Waals surface area contributed by atoms with Crippen LogP contribution in [0.4, 0.5) is 0 Å². The largest absolute Gasteiger partial charge is 0.318 e. The van der Waals surface area contributed by atoms with Crippen molar-refractivity contribution in [3.05, 3.63) is 56.3 Å². The van der Waals surface area contributed by atoms with Gasteiger partial charge in [-0.2, -0.15) is 9.30 Å². The van der Waals surface area contributed by atoms with Crippen LogP contribution in [-0.4, -0.2) is 35.8 Å². The number of fused-ring (bicyclic) bond motifs is 1. The number of carbonyl (C=O) groups excluding carboxylic acids is 1. The van der Waals surface area contributed by atoms with E-state index in [2.05, 4.69) is 4.99 Å². The monoisotopic (exact) mass is 503 g/mol. The third-order valence-corrected chi connectivity index (χ3v) is 9.04. The summed E-state index contributed by atoms with van der Waals surface area (Å²) in [6, 6.07) is 8.54. The van der Waals surface area contributed by atoms with Crippen molar-refractivity contribution in [2.75, 3.05) is 6.54 Å². The lowest BCUT2D eigenvalue weighted by Gasteiger charge is -2.21. The maximum absolute atomic E-state index is 13.1. The summed E-state index contributed by atoms with van der Waals surface area (Å²) in [5, 5.41) is 1.23. The molecule has 1 saturated heterocycles. The first-order valence-corrected chi connectivity index (χ1v) is 12.4. The fourth-order valence-corrected chi connectivity index (χ4v) is 6.77. The van der Waals surface area contributed by atoms with E-state index in [0.29, 0.717) is 38.2 Å². The number of hydrogen-bond donors (Lipinski definition) is 0. The van der Waals surface area contributed by atoms with E-state index >= 15 is 0 Å². The van der Waals surface area contributed by atoms with Gasteiger partial charge in [-0.25, -0.2) is 8.42 Å². The van der Waals surface area contributed by atoms with Crippen molar-refractivity contribution in [1.29, 1.82) is 0 Å². The van der Waals surface area contributed by atoms with Gasteiger partial charge in [0.15, 0.2) is 4.80 Å². The molecule has 0 bridgehead atoms. The van der Waals surface area contributed by atoms with Crippen LogP contribution in [0.1, 0.15) is 12.8 Å². The van der Waals surface area contributed by atoms with E-state index in [1.54, 1.807) is 17.7 Å². The van der Waals surface area contributed by atoms with Gasteiger partial charge in [0, 0.05) is 18.6 Å². The van der Waals surface area contributed by atoms with Gasteiger partial charge in [-0.1, -0.05) is 46.1 Å². The van der Waals surface area contributed by atoms with E-state index < -0.39 is 22.0 Å². The number of benzene rings is 2. The molecule has 1 aromatic heterocycles. The number of sulfonamides is 1. The minimum absolute atomic E-state index is 0.0976. The van der Waals surface area contributed by atoms with Crippen LogP contribution in [-0.2, 0) is 21.9 Å². The lowest BCUT2D eigenvalue weighted by atomic mass is 10.2. The van der Waals surface area contributed by atoms with Gasteiger partial charge in [0.05, 0.1) is 25.2 Å². The highest BCUT2D eigenvalue weighted by Gasteiger charge is 2.39. The molecule has 0 saturated carbocycles. The molecule has 1 fully saturated rings. The average molecular weight is 505 g/mol.